The monoisotopic (exact) mass is 1030 g/mol. The molecule has 8 aliphatic rings. The molecule has 9 unspecified atom stereocenters. The van der Waals surface area contributed by atoms with Gasteiger partial charge in [0.1, 0.15) is 40.7 Å². The highest BCUT2D eigenvalue weighted by molar-refractivity contribution is 5.57. The Kier molecular flexibility index (Phi) is 18.5. The SMILES string of the molecule is CCCCC(CCC)C1=C(C)N(C)C2=C(C1CCC)C(CCC)C1=C(N2C)N(C)C2=C(C1CCC)C(CCC)C1=C(N(C)C3=C(C(CCC)C4=C(N(C)C5=C(C(CCC)CCN5C)C4CCC)N3C)C1CCC)N2C. The van der Waals surface area contributed by atoms with Gasteiger partial charge in [0.15, 0.2) is 0 Å². The number of rotatable bonds is 22. The van der Waals surface area contributed by atoms with Gasteiger partial charge in [-0.25, -0.2) is 0 Å². The molecule has 0 fully saturated rings. The first-order valence-electron chi connectivity index (χ1n) is 31.9. The van der Waals surface area contributed by atoms with Crippen molar-refractivity contribution in [2.45, 2.75) is 217 Å². The Morgan fingerprint density at radius 3 is 0.973 bits per heavy atom. The fraction of sp³-hybridized carbons (Fsp3) is 0.761. The fourth-order valence-corrected chi connectivity index (χ4v) is 18.0. The van der Waals surface area contributed by atoms with Crippen molar-refractivity contribution in [1.29, 1.82) is 0 Å². The summed E-state index contributed by atoms with van der Waals surface area (Å²) in [6.07, 6.45) is 27.3. The average molecular weight is 1030 g/mol. The molecule has 0 bridgehead atoms. The van der Waals surface area contributed by atoms with Crippen molar-refractivity contribution in [3.63, 3.8) is 0 Å². The van der Waals surface area contributed by atoms with Crippen LogP contribution in [-0.2, 0) is 0 Å². The lowest BCUT2D eigenvalue weighted by Gasteiger charge is -2.60. The highest BCUT2D eigenvalue weighted by Crippen LogP contribution is 2.63. The van der Waals surface area contributed by atoms with E-state index < -0.39 is 0 Å². The Labute approximate surface area is 461 Å². The van der Waals surface area contributed by atoms with Crippen LogP contribution in [0.2, 0.25) is 0 Å². The Hall–Kier alpha value is -3.68. The summed E-state index contributed by atoms with van der Waals surface area (Å²) in [5.41, 5.74) is 15.7. The maximum Gasteiger partial charge on any atom is 0.115 e. The topological polar surface area (TPSA) is 25.9 Å². The van der Waals surface area contributed by atoms with Crippen LogP contribution < -0.4 is 0 Å². The van der Waals surface area contributed by atoms with Gasteiger partial charge < -0.3 is 39.2 Å². The summed E-state index contributed by atoms with van der Waals surface area (Å²) in [6, 6.07) is 0. The van der Waals surface area contributed by atoms with Gasteiger partial charge in [0, 0.05) is 110 Å². The third kappa shape index (κ3) is 9.26. The third-order valence-corrected chi connectivity index (χ3v) is 20.4. The summed E-state index contributed by atoms with van der Waals surface area (Å²) < 4.78 is 0. The molecule has 0 aromatic rings. The van der Waals surface area contributed by atoms with Crippen LogP contribution >= 0.6 is 0 Å². The van der Waals surface area contributed by atoms with Crippen LogP contribution in [0.15, 0.2) is 91.0 Å². The first kappa shape index (κ1) is 57.5. The summed E-state index contributed by atoms with van der Waals surface area (Å²) in [4.78, 5) is 21.7. The van der Waals surface area contributed by atoms with Crippen LogP contribution in [0.5, 0.6) is 0 Å². The lowest BCUT2D eigenvalue weighted by atomic mass is 9.60. The summed E-state index contributed by atoms with van der Waals surface area (Å²) in [5, 5.41) is 0. The minimum absolute atomic E-state index is 0.389. The van der Waals surface area contributed by atoms with E-state index in [4.69, 9.17) is 0 Å². The lowest BCUT2D eigenvalue weighted by molar-refractivity contribution is 0.131. The van der Waals surface area contributed by atoms with Gasteiger partial charge in [0.25, 0.3) is 0 Å². The Morgan fingerprint density at radius 2 is 0.640 bits per heavy atom. The molecule has 0 saturated carbocycles. The van der Waals surface area contributed by atoms with Gasteiger partial charge in [-0.2, -0.15) is 0 Å². The maximum atomic E-state index is 2.75. The van der Waals surface area contributed by atoms with Gasteiger partial charge in [-0.3, -0.25) is 0 Å². The summed E-state index contributed by atoms with van der Waals surface area (Å²) in [5.74, 6) is 14.7. The Morgan fingerprint density at radius 1 is 0.333 bits per heavy atom. The number of allylic oxidation sites excluding steroid dienone is 9. The van der Waals surface area contributed by atoms with Gasteiger partial charge in [-0.15, -0.1) is 0 Å². The zero-order chi connectivity index (χ0) is 54.3. The Bertz CT molecular complexity index is 2350. The molecule has 8 aliphatic heterocycles. The molecule has 0 aliphatic carbocycles. The van der Waals surface area contributed by atoms with Crippen molar-refractivity contribution in [1.82, 2.24) is 39.2 Å². The zero-order valence-electron chi connectivity index (χ0n) is 52.0. The summed E-state index contributed by atoms with van der Waals surface area (Å²) >= 11 is 0. The van der Waals surface area contributed by atoms with E-state index in [1.54, 1.807) is 44.6 Å². The lowest BCUT2D eigenvalue weighted by Crippen LogP contribution is -2.56. The molecule has 0 saturated heterocycles. The first-order valence-corrected chi connectivity index (χ1v) is 31.9. The predicted molar refractivity (Wildman–Crippen MR) is 319 cm³/mol. The van der Waals surface area contributed by atoms with Crippen molar-refractivity contribution >= 4 is 0 Å². The molecular formula is C67H112N8. The van der Waals surface area contributed by atoms with Gasteiger partial charge in [-0.1, -0.05) is 140 Å². The number of unbranched alkanes of at least 4 members (excludes halogenated alkanes) is 1. The van der Waals surface area contributed by atoms with Gasteiger partial charge in [0.05, 0.1) is 0 Å². The molecule has 0 N–H and O–H groups in total. The van der Waals surface area contributed by atoms with E-state index in [0.717, 1.165) is 6.54 Å². The molecule has 0 aromatic heterocycles. The van der Waals surface area contributed by atoms with Crippen LogP contribution in [0.1, 0.15) is 217 Å². The molecule has 420 valence electrons. The van der Waals surface area contributed by atoms with Crippen LogP contribution in [-0.4, -0.2) is 102 Å². The largest absolute Gasteiger partial charge is 0.361 e. The molecule has 8 heteroatoms. The van der Waals surface area contributed by atoms with Crippen LogP contribution in [0, 0.1) is 53.3 Å². The highest BCUT2D eigenvalue weighted by atomic mass is 15.5. The molecule has 8 heterocycles. The number of nitrogens with zero attached hydrogens (tertiary/aromatic N) is 8. The average Bonchev–Trinajstić information content (AvgIpc) is 3.43. The van der Waals surface area contributed by atoms with Crippen molar-refractivity contribution in [2.75, 3.05) is 62.9 Å². The van der Waals surface area contributed by atoms with E-state index in [-0.39, 0.29) is 0 Å². The van der Waals surface area contributed by atoms with Crippen molar-refractivity contribution in [3.8, 4) is 0 Å². The van der Waals surface area contributed by atoms with Crippen molar-refractivity contribution in [3.05, 3.63) is 91.0 Å². The van der Waals surface area contributed by atoms with Gasteiger partial charge in [0.2, 0.25) is 0 Å². The second kappa shape index (κ2) is 24.1. The van der Waals surface area contributed by atoms with E-state index >= 15 is 0 Å². The van der Waals surface area contributed by atoms with E-state index in [1.807, 2.05) is 0 Å². The highest BCUT2D eigenvalue weighted by Gasteiger charge is 2.56. The summed E-state index contributed by atoms with van der Waals surface area (Å²) in [6.45, 7) is 28.3. The summed E-state index contributed by atoms with van der Waals surface area (Å²) in [7, 11) is 19.6. The van der Waals surface area contributed by atoms with Crippen molar-refractivity contribution in [2.24, 2.45) is 53.3 Å². The third-order valence-electron chi connectivity index (χ3n) is 20.4. The Balaban J connectivity index is 1.31. The molecule has 0 aromatic carbocycles. The minimum Gasteiger partial charge on any atom is -0.361 e. The molecular weight excluding hydrogens is 917 g/mol. The van der Waals surface area contributed by atoms with Crippen molar-refractivity contribution < 1.29 is 0 Å². The molecule has 8 rings (SSSR count). The normalized spacial score (nSPS) is 28.5. The van der Waals surface area contributed by atoms with Crippen LogP contribution in [0.25, 0.3) is 0 Å². The second-order valence-electron chi connectivity index (χ2n) is 25.1. The number of hydrogen-bond donors (Lipinski definition) is 0. The van der Waals surface area contributed by atoms with Gasteiger partial charge >= 0.3 is 0 Å². The molecule has 0 amide bonds. The van der Waals surface area contributed by atoms with Crippen LogP contribution in [0.3, 0.4) is 0 Å². The van der Waals surface area contributed by atoms with Gasteiger partial charge in [-0.05, 0) is 134 Å². The molecule has 0 spiro atoms. The zero-order valence-corrected chi connectivity index (χ0v) is 52.0. The van der Waals surface area contributed by atoms with E-state index in [1.165, 1.54) is 188 Å². The van der Waals surface area contributed by atoms with Crippen LogP contribution in [0.4, 0.5) is 0 Å². The van der Waals surface area contributed by atoms with E-state index in [9.17, 15) is 0 Å². The fourth-order valence-electron chi connectivity index (χ4n) is 18.0. The minimum atomic E-state index is 0.389. The smallest absolute Gasteiger partial charge is 0.115 e. The second-order valence-corrected chi connectivity index (χ2v) is 25.1. The molecule has 8 nitrogen and oxygen atoms in total. The molecule has 75 heavy (non-hydrogen) atoms. The quantitative estimate of drug-likeness (QED) is 0.106. The first-order chi connectivity index (χ1) is 36.2. The molecule has 9 atom stereocenters. The number of hydrogen-bond acceptors (Lipinski definition) is 8. The van der Waals surface area contributed by atoms with E-state index in [0.29, 0.717) is 53.3 Å². The standard InChI is InChI=1S/C67H112N8/c1-20-30-40-44(31-21-2)53-43(11)69(13)62-55(46(53)33-23-4)48(35-25-6)57-50(37-27-8)59-52(39-29-10)60-51(38-28-9)58-49(36-26-7)56-47(34-24-5)54-45(32-22-3)41-42-68(12)61(54)70(14)63(56)72(16)65(58)74(18)67(60)75(19)66(59)73(17)64(57)71(62)15/h44-52H,20-42H2,1-19H3. The molecule has 0 radical (unpaired) electrons. The predicted octanol–water partition coefficient (Wildman–Crippen LogP) is 16.6. The maximum absolute atomic E-state index is 2.75. The van der Waals surface area contributed by atoms with E-state index in [2.05, 4.69) is 172 Å².